The maximum atomic E-state index is 12.0. The van der Waals surface area contributed by atoms with Crippen LogP contribution in [0, 0.1) is 0 Å². The van der Waals surface area contributed by atoms with E-state index >= 15 is 0 Å². The zero-order valence-corrected chi connectivity index (χ0v) is 12.2. The lowest BCUT2D eigenvalue weighted by Gasteiger charge is -2.09. The molecule has 3 heterocycles. The van der Waals surface area contributed by atoms with Crippen molar-refractivity contribution < 1.29 is 9.53 Å². The van der Waals surface area contributed by atoms with Crippen molar-refractivity contribution in [3.8, 4) is 0 Å². The molecule has 0 spiro atoms. The third kappa shape index (κ3) is 3.77. The van der Waals surface area contributed by atoms with E-state index in [0.717, 1.165) is 25.1 Å². The van der Waals surface area contributed by atoms with E-state index in [0.29, 0.717) is 17.4 Å². The van der Waals surface area contributed by atoms with Gasteiger partial charge in [0.2, 0.25) is 0 Å². The van der Waals surface area contributed by atoms with E-state index in [1.165, 1.54) is 11.3 Å². The third-order valence-electron chi connectivity index (χ3n) is 3.16. The molecular weight excluding hydrogens is 288 g/mol. The number of nitrogens with one attached hydrogen (secondary N) is 2. The third-order valence-corrected chi connectivity index (χ3v) is 3.92. The summed E-state index contributed by atoms with van der Waals surface area (Å²) in [7, 11) is 0. The number of carbonyl (C=O) groups excluding carboxylic acids is 1. The summed E-state index contributed by atoms with van der Waals surface area (Å²) in [5.74, 6) is -0.166. The van der Waals surface area contributed by atoms with Gasteiger partial charge >= 0.3 is 0 Å². The summed E-state index contributed by atoms with van der Waals surface area (Å²) in [4.78, 5) is 20.3. The Bertz CT molecular complexity index is 596. The fourth-order valence-corrected chi connectivity index (χ4v) is 2.81. The van der Waals surface area contributed by atoms with E-state index in [9.17, 15) is 4.79 Å². The van der Waals surface area contributed by atoms with Crippen molar-refractivity contribution >= 4 is 28.1 Å². The van der Waals surface area contributed by atoms with E-state index in [-0.39, 0.29) is 12.0 Å². The Morgan fingerprint density at radius 1 is 1.52 bits per heavy atom. The van der Waals surface area contributed by atoms with Gasteiger partial charge in [0.05, 0.1) is 18.0 Å². The van der Waals surface area contributed by atoms with E-state index in [1.807, 2.05) is 12.1 Å². The fourth-order valence-electron chi connectivity index (χ4n) is 2.10. The van der Waals surface area contributed by atoms with E-state index in [1.54, 1.807) is 17.8 Å². The number of hydrogen-bond acceptors (Lipinski definition) is 6. The lowest BCUT2D eigenvalue weighted by molar-refractivity contribution is 0.0854. The first kappa shape index (κ1) is 14.0. The highest BCUT2D eigenvalue weighted by Gasteiger charge is 2.17. The molecular formula is C14H16N4O2S. The number of ether oxygens (including phenoxy) is 1. The minimum atomic E-state index is -0.166. The van der Waals surface area contributed by atoms with E-state index in [4.69, 9.17) is 4.74 Å². The number of nitrogens with zero attached hydrogens (tertiary/aromatic N) is 2. The van der Waals surface area contributed by atoms with Gasteiger partial charge in [-0.1, -0.05) is 0 Å². The van der Waals surface area contributed by atoms with Gasteiger partial charge in [-0.05, 0) is 25.0 Å². The molecule has 6 nitrogen and oxygen atoms in total. The highest BCUT2D eigenvalue weighted by atomic mass is 32.1. The monoisotopic (exact) mass is 304 g/mol. The van der Waals surface area contributed by atoms with Crippen LogP contribution in [0.3, 0.4) is 0 Å². The average Bonchev–Trinajstić information content (AvgIpc) is 3.17. The average molecular weight is 304 g/mol. The molecule has 0 aromatic carbocycles. The SMILES string of the molecule is O=C(NCC1CCCO1)c1csc(Nc2cccnc2)n1. The molecule has 0 radical (unpaired) electrons. The highest BCUT2D eigenvalue weighted by Crippen LogP contribution is 2.20. The summed E-state index contributed by atoms with van der Waals surface area (Å²) in [6, 6.07) is 3.73. The number of rotatable bonds is 5. The van der Waals surface area contributed by atoms with Gasteiger partial charge < -0.3 is 15.4 Å². The number of pyridine rings is 1. The molecule has 2 aromatic rings. The smallest absolute Gasteiger partial charge is 0.270 e. The van der Waals surface area contributed by atoms with Crippen LogP contribution in [0.25, 0.3) is 0 Å². The number of thiazole rings is 1. The predicted molar refractivity (Wildman–Crippen MR) is 80.9 cm³/mol. The van der Waals surface area contributed by atoms with Crippen molar-refractivity contribution in [2.45, 2.75) is 18.9 Å². The first-order valence-electron chi connectivity index (χ1n) is 6.83. The van der Waals surface area contributed by atoms with Crippen molar-refractivity contribution in [3.05, 3.63) is 35.6 Å². The van der Waals surface area contributed by atoms with E-state index < -0.39 is 0 Å². The standard InChI is InChI=1S/C14H16N4O2S/c19-13(16-8-11-4-2-6-20-11)12-9-21-14(18-12)17-10-3-1-5-15-7-10/h1,3,5,7,9,11H,2,4,6,8H2,(H,16,19)(H,17,18). The molecule has 1 saturated heterocycles. The van der Waals surface area contributed by atoms with Gasteiger partial charge in [-0.3, -0.25) is 9.78 Å². The van der Waals surface area contributed by atoms with Gasteiger partial charge in [-0.15, -0.1) is 11.3 Å². The highest BCUT2D eigenvalue weighted by molar-refractivity contribution is 7.14. The molecule has 1 fully saturated rings. The van der Waals surface area contributed by atoms with Crippen molar-refractivity contribution in [2.75, 3.05) is 18.5 Å². The van der Waals surface area contributed by atoms with Crippen molar-refractivity contribution in [1.29, 1.82) is 0 Å². The lowest BCUT2D eigenvalue weighted by atomic mass is 10.2. The largest absolute Gasteiger partial charge is 0.376 e. The zero-order chi connectivity index (χ0) is 14.5. The number of hydrogen-bond donors (Lipinski definition) is 2. The molecule has 1 unspecified atom stereocenters. The van der Waals surface area contributed by atoms with Crippen LogP contribution in [0.15, 0.2) is 29.9 Å². The molecule has 21 heavy (non-hydrogen) atoms. The van der Waals surface area contributed by atoms with Crippen LogP contribution in [-0.2, 0) is 4.74 Å². The molecule has 2 aromatic heterocycles. The topological polar surface area (TPSA) is 76.1 Å². The summed E-state index contributed by atoms with van der Waals surface area (Å²) in [6.07, 6.45) is 5.62. The van der Waals surface area contributed by atoms with Crippen LogP contribution in [0.2, 0.25) is 0 Å². The Balaban J connectivity index is 1.55. The van der Waals surface area contributed by atoms with Crippen LogP contribution >= 0.6 is 11.3 Å². The normalized spacial score (nSPS) is 17.6. The molecule has 1 amide bonds. The molecule has 0 bridgehead atoms. The molecule has 0 aliphatic carbocycles. The first-order chi connectivity index (χ1) is 10.3. The molecule has 7 heteroatoms. The number of anilines is 2. The summed E-state index contributed by atoms with van der Waals surface area (Å²) < 4.78 is 5.47. The predicted octanol–water partition coefficient (Wildman–Crippen LogP) is 2.19. The maximum absolute atomic E-state index is 12.0. The molecule has 1 aliphatic rings. The van der Waals surface area contributed by atoms with Crippen LogP contribution in [0.4, 0.5) is 10.8 Å². The van der Waals surface area contributed by atoms with Gasteiger partial charge in [-0.25, -0.2) is 4.98 Å². The second-order valence-electron chi connectivity index (χ2n) is 4.75. The molecule has 3 rings (SSSR count). The van der Waals surface area contributed by atoms with Crippen LogP contribution in [0.5, 0.6) is 0 Å². The Hall–Kier alpha value is -1.99. The molecule has 1 atom stereocenters. The van der Waals surface area contributed by atoms with E-state index in [2.05, 4.69) is 20.6 Å². The van der Waals surface area contributed by atoms with Gasteiger partial charge in [0.15, 0.2) is 5.13 Å². The first-order valence-corrected chi connectivity index (χ1v) is 7.71. The zero-order valence-electron chi connectivity index (χ0n) is 11.4. The Morgan fingerprint density at radius 3 is 3.24 bits per heavy atom. The van der Waals surface area contributed by atoms with Crippen LogP contribution < -0.4 is 10.6 Å². The van der Waals surface area contributed by atoms with Crippen LogP contribution in [-0.4, -0.2) is 35.1 Å². The summed E-state index contributed by atoms with van der Waals surface area (Å²) in [5, 5.41) is 8.39. The Morgan fingerprint density at radius 2 is 2.48 bits per heavy atom. The maximum Gasteiger partial charge on any atom is 0.270 e. The minimum absolute atomic E-state index is 0.139. The fraction of sp³-hybridized carbons (Fsp3) is 0.357. The summed E-state index contributed by atoms with van der Waals surface area (Å²) in [6.45, 7) is 1.33. The number of carbonyl (C=O) groups is 1. The number of amides is 1. The molecule has 2 N–H and O–H groups in total. The second-order valence-corrected chi connectivity index (χ2v) is 5.61. The Labute approximate surface area is 126 Å². The van der Waals surface area contributed by atoms with Crippen molar-refractivity contribution in [2.24, 2.45) is 0 Å². The summed E-state index contributed by atoms with van der Waals surface area (Å²) in [5.41, 5.74) is 1.27. The Kier molecular flexibility index (Phi) is 4.42. The van der Waals surface area contributed by atoms with Gasteiger partial charge in [0.1, 0.15) is 5.69 Å². The quantitative estimate of drug-likeness (QED) is 0.885. The van der Waals surface area contributed by atoms with Gasteiger partial charge in [0, 0.05) is 24.7 Å². The minimum Gasteiger partial charge on any atom is -0.376 e. The van der Waals surface area contributed by atoms with Crippen LogP contribution in [0.1, 0.15) is 23.3 Å². The lowest BCUT2D eigenvalue weighted by Crippen LogP contribution is -2.31. The second kappa shape index (κ2) is 6.64. The summed E-state index contributed by atoms with van der Waals surface area (Å²) >= 11 is 1.39. The number of aromatic nitrogens is 2. The van der Waals surface area contributed by atoms with Crippen molar-refractivity contribution in [1.82, 2.24) is 15.3 Å². The van der Waals surface area contributed by atoms with Gasteiger partial charge in [0.25, 0.3) is 5.91 Å². The molecule has 0 saturated carbocycles. The van der Waals surface area contributed by atoms with Gasteiger partial charge in [-0.2, -0.15) is 0 Å². The molecule has 110 valence electrons. The van der Waals surface area contributed by atoms with Crippen molar-refractivity contribution in [3.63, 3.8) is 0 Å². The molecule has 1 aliphatic heterocycles.